The third-order valence-electron chi connectivity index (χ3n) is 8.09. The smallest absolute Gasteiger partial charge is 0.329 e. The van der Waals surface area contributed by atoms with Gasteiger partial charge in [-0.2, -0.15) is 10.4 Å². The number of hydrogen-bond donors (Lipinski definition) is 1. The maximum atomic E-state index is 11.5. The van der Waals surface area contributed by atoms with E-state index < -0.39 is 13.7 Å². The lowest BCUT2D eigenvalue weighted by atomic mass is 9.83. The quantitative estimate of drug-likeness (QED) is 0.255. The van der Waals surface area contributed by atoms with Gasteiger partial charge in [0, 0.05) is 49.2 Å². The molecule has 2 aromatic heterocycles. The molecule has 3 aromatic rings. The summed E-state index contributed by atoms with van der Waals surface area (Å²) < 4.78 is 13.7. The number of anilines is 3. The first kappa shape index (κ1) is 30.4. The molecule has 0 saturated heterocycles. The highest BCUT2D eigenvalue weighted by atomic mass is 28.4. The molecule has 0 fully saturated rings. The summed E-state index contributed by atoms with van der Waals surface area (Å²) in [7, 11) is 1.11. The number of aromatic nitrogens is 4. The third-order valence-corrected chi connectivity index (χ3v) is 12.6. The Balaban J connectivity index is 1.72. The molecule has 1 aromatic carbocycles. The van der Waals surface area contributed by atoms with Crippen molar-refractivity contribution in [1.82, 2.24) is 19.7 Å². The zero-order valence-electron chi connectivity index (χ0n) is 25.3. The Labute approximate surface area is 244 Å². The van der Waals surface area contributed by atoms with Gasteiger partial charge in [-0.05, 0) is 48.8 Å². The standard InChI is InChI=1S/C29H39BN7O3Si/c1-20-13-25(37(35-20)11-12-39-6)34-27-32-10-9-24(33-27)21-14-22(16-31)26-23(15-21)29(5,17-36(26)30-19-38)18-40-41(7,8)28(2,3)4/h9-10,13-15,19H,11-12,17-18H2,1-8H3,(H,32,33,34)/t29-/m0/s1. The fraction of sp³-hybridized carbons (Fsp3) is 0.483. The lowest BCUT2D eigenvalue weighted by Gasteiger charge is -2.39. The first-order valence-electron chi connectivity index (χ1n) is 13.7. The van der Waals surface area contributed by atoms with Crippen LogP contribution < -0.4 is 10.1 Å². The van der Waals surface area contributed by atoms with E-state index in [1.807, 2.05) is 34.6 Å². The molecule has 12 heteroatoms. The monoisotopic (exact) mass is 572 g/mol. The highest BCUT2D eigenvalue weighted by Gasteiger charge is 2.44. The van der Waals surface area contributed by atoms with Crippen molar-refractivity contribution in [2.45, 2.75) is 64.7 Å². The maximum absolute atomic E-state index is 11.5. The van der Waals surface area contributed by atoms with Gasteiger partial charge in [0.1, 0.15) is 18.1 Å². The summed E-state index contributed by atoms with van der Waals surface area (Å²) in [6, 6.07) is 10.0. The van der Waals surface area contributed by atoms with E-state index in [1.54, 1.807) is 13.3 Å². The molecule has 0 saturated carbocycles. The molecule has 0 unspecified atom stereocenters. The van der Waals surface area contributed by atoms with Gasteiger partial charge >= 0.3 is 7.41 Å². The summed E-state index contributed by atoms with van der Waals surface area (Å²) in [6.45, 7) is 17.3. The second kappa shape index (κ2) is 11.8. The second-order valence-electron chi connectivity index (χ2n) is 12.3. The van der Waals surface area contributed by atoms with E-state index in [0.717, 1.165) is 34.5 Å². The normalized spacial score (nSPS) is 16.8. The van der Waals surface area contributed by atoms with E-state index in [1.165, 1.54) is 7.41 Å². The number of fused-ring (bicyclic) bond motifs is 1. The van der Waals surface area contributed by atoms with Gasteiger partial charge < -0.3 is 24.1 Å². The van der Waals surface area contributed by atoms with Crippen molar-refractivity contribution in [1.29, 1.82) is 5.26 Å². The first-order valence-corrected chi connectivity index (χ1v) is 16.6. The Morgan fingerprint density at radius 3 is 2.71 bits per heavy atom. The Morgan fingerprint density at radius 1 is 1.29 bits per heavy atom. The van der Waals surface area contributed by atoms with Gasteiger partial charge in [0.05, 0.1) is 30.1 Å². The fourth-order valence-electron chi connectivity index (χ4n) is 4.75. The van der Waals surface area contributed by atoms with Crippen molar-refractivity contribution in [3.63, 3.8) is 0 Å². The molecule has 3 heterocycles. The topological polar surface area (TPSA) is 118 Å². The van der Waals surface area contributed by atoms with E-state index >= 15 is 0 Å². The summed E-state index contributed by atoms with van der Waals surface area (Å²) in [6.07, 6.45) is 2.46. The Morgan fingerprint density at radius 2 is 2.05 bits per heavy atom. The minimum Gasteiger partial charge on any atom is -0.416 e. The molecule has 0 bridgehead atoms. The predicted molar refractivity (Wildman–Crippen MR) is 165 cm³/mol. The number of hydrogen-bond acceptors (Lipinski definition) is 9. The molecular weight excluding hydrogens is 533 g/mol. The first-order chi connectivity index (χ1) is 19.3. The Bertz CT molecular complexity index is 1460. The van der Waals surface area contributed by atoms with Crippen molar-refractivity contribution in [2.75, 3.05) is 37.0 Å². The second-order valence-corrected chi connectivity index (χ2v) is 17.1. The Kier molecular flexibility index (Phi) is 8.73. The van der Waals surface area contributed by atoms with E-state index in [2.05, 4.69) is 68.3 Å². The number of nitriles is 1. The zero-order chi connectivity index (χ0) is 30.0. The lowest BCUT2D eigenvalue weighted by Crippen LogP contribution is -2.46. The molecular formula is C29H39BN7O3Si. The van der Waals surface area contributed by atoms with E-state index in [4.69, 9.17) is 14.1 Å². The van der Waals surface area contributed by atoms with Crippen LogP contribution in [-0.2, 0) is 25.9 Å². The van der Waals surface area contributed by atoms with Crippen LogP contribution in [0.3, 0.4) is 0 Å². The van der Waals surface area contributed by atoms with E-state index in [9.17, 15) is 10.1 Å². The van der Waals surface area contributed by atoms with Crippen LogP contribution in [0.1, 0.15) is 44.5 Å². The highest BCUT2D eigenvalue weighted by molar-refractivity contribution is 6.74. The number of benzene rings is 1. The van der Waals surface area contributed by atoms with Crippen LogP contribution in [0.2, 0.25) is 18.1 Å². The molecule has 0 amide bonds. The molecule has 1 aliphatic heterocycles. The average molecular weight is 573 g/mol. The SMILES string of the molecule is COCCn1nc(C)cc1Nc1nccc(-c2cc(C#N)c3c(c2)[C@](C)(CO[Si](C)(C)C(C)(C)C)CN3[B]C=O)n1. The zero-order valence-corrected chi connectivity index (χ0v) is 26.3. The van der Waals surface area contributed by atoms with Crippen molar-refractivity contribution in [3.05, 3.63) is 47.3 Å². The van der Waals surface area contributed by atoms with Gasteiger partial charge in [0.2, 0.25) is 5.95 Å². The highest BCUT2D eigenvalue weighted by Crippen LogP contribution is 2.46. The third kappa shape index (κ3) is 6.37. The van der Waals surface area contributed by atoms with Crippen LogP contribution in [0.5, 0.6) is 0 Å². The number of carbonyl (C=O) groups is 1. The molecule has 0 spiro atoms. The molecule has 0 aliphatic carbocycles. The van der Waals surface area contributed by atoms with Crippen LogP contribution >= 0.6 is 0 Å². The summed E-state index contributed by atoms with van der Waals surface area (Å²) in [5.74, 6) is 1.18. The summed E-state index contributed by atoms with van der Waals surface area (Å²) in [5, 5.41) is 18.0. The molecule has 1 atom stereocenters. The molecule has 4 rings (SSSR count). The maximum Gasteiger partial charge on any atom is 0.329 e. The van der Waals surface area contributed by atoms with Gasteiger partial charge in [-0.15, -0.1) is 0 Å². The van der Waals surface area contributed by atoms with Crippen LogP contribution in [0, 0.1) is 18.3 Å². The lowest BCUT2D eigenvalue weighted by molar-refractivity contribution is 0.184. The minimum atomic E-state index is -2.04. The van der Waals surface area contributed by atoms with Crippen molar-refractivity contribution in [2.24, 2.45) is 0 Å². The fourth-order valence-corrected chi connectivity index (χ4v) is 5.86. The van der Waals surface area contributed by atoms with Gasteiger partial charge in [0.25, 0.3) is 0 Å². The Hall–Kier alpha value is -3.53. The van der Waals surface area contributed by atoms with Crippen LogP contribution in [-0.4, -0.2) is 68.5 Å². The van der Waals surface area contributed by atoms with E-state index in [-0.39, 0.29) is 5.04 Å². The number of carbonyl (C=O) groups excluding carboxylic acids is 1. The molecule has 1 aliphatic rings. The minimum absolute atomic E-state index is 0.0565. The summed E-state index contributed by atoms with van der Waals surface area (Å²) >= 11 is 0. The number of ether oxygens (including phenoxy) is 1. The van der Waals surface area contributed by atoms with Crippen LogP contribution in [0.25, 0.3) is 11.3 Å². The number of nitrogens with one attached hydrogen (secondary N) is 1. The summed E-state index contributed by atoms with van der Waals surface area (Å²) in [4.78, 5) is 22.6. The number of aryl methyl sites for hydroxylation is 1. The molecule has 41 heavy (non-hydrogen) atoms. The van der Waals surface area contributed by atoms with Gasteiger partial charge in [-0.3, -0.25) is 0 Å². The number of nitrogens with zero attached hydrogens (tertiary/aromatic N) is 6. The molecule has 10 nitrogen and oxygen atoms in total. The largest absolute Gasteiger partial charge is 0.416 e. The predicted octanol–water partition coefficient (Wildman–Crippen LogP) is 4.82. The average Bonchev–Trinajstić information content (AvgIpc) is 3.41. The summed E-state index contributed by atoms with van der Waals surface area (Å²) in [5.41, 5.74) is 4.08. The van der Waals surface area contributed by atoms with Crippen molar-refractivity contribution >= 4 is 39.4 Å². The van der Waals surface area contributed by atoms with Crippen molar-refractivity contribution < 1.29 is 14.0 Å². The van der Waals surface area contributed by atoms with Crippen LogP contribution in [0.15, 0.2) is 30.5 Å². The molecule has 1 N–H and O–H groups in total. The molecule has 1 radical (unpaired) electrons. The van der Waals surface area contributed by atoms with E-state index in [0.29, 0.717) is 43.5 Å². The van der Waals surface area contributed by atoms with Gasteiger partial charge in [-0.1, -0.05) is 27.7 Å². The van der Waals surface area contributed by atoms with Gasteiger partial charge in [-0.25, -0.2) is 14.6 Å². The van der Waals surface area contributed by atoms with Crippen molar-refractivity contribution in [3.8, 4) is 17.3 Å². The van der Waals surface area contributed by atoms with Crippen LogP contribution in [0.4, 0.5) is 17.5 Å². The number of rotatable bonds is 11. The van der Waals surface area contributed by atoms with Gasteiger partial charge in [0.15, 0.2) is 8.32 Å². The number of methoxy groups -OCH3 is 1. The molecule has 215 valence electrons.